The fraction of sp³-hybridized carbons (Fsp3) is 0.605. The lowest BCUT2D eigenvalue weighted by atomic mass is 9.93. The molecule has 15 nitrogen and oxygen atoms in total. The molecule has 2 aliphatic heterocycles. The van der Waals surface area contributed by atoms with Gasteiger partial charge in [0.05, 0.1) is 43.0 Å². The predicted molar refractivity (Wildman–Crippen MR) is 199 cm³/mol. The summed E-state index contributed by atoms with van der Waals surface area (Å²) in [6, 6.07) is 0.794. The molecular formula is C38H51F6N5O10. The van der Waals surface area contributed by atoms with Gasteiger partial charge in [0.1, 0.15) is 36.6 Å². The highest BCUT2D eigenvalue weighted by atomic mass is 19.4. The zero-order chi connectivity index (χ0) is 43.5. The van der Waals surface area contributed by atoms with Crippen LogP contribution in [0.5, 0.6) is 0 Å². The highest BCUT2D eigenvalue weighted by Gasteiger charge is 2.50. The predicted octanol–water partition coefficient (Wildman–Crippen LogP) is 4.10. The van der Waals surface area contributed by atoms with Crippen LogP contribution in [-0.2, 0) is 31.4 Å². The zero-order valence-corrected chi connectivity index (χ0v) is 32.3. The Labute approximate surface area is 336 Å². The second-order valence-electron chi connectivity index (χ2n) is 14.6. The fourth-order valence-electron chi connectivity index (χ4n) is 6.76. The molecule has 2 aromatic rings. The largest absolute Gasteiger partial charge is 0.416 e. The van der Waals surface area contributed by atoms with E-state index in [2.05, 4.69) is 33.5 Å². The maximum absolute atomic E-state index is 13.4. The van der Waals surface area contributed by atoms with Gasteiger partial charge in [-0.15, -0.1) is 0 Å². The van der Waals surface area contributed by atoms with Crippen LogP contribution in [0.2, 0.25) is 0 Å². The van der Waals surface area contributed by atoms with Crippen LogP contribution in [-0.4, -0.2) is 113 Å². The van der Waals surface area contributed by atoms with E-state index >= 15 is 0 Å². The summed E-state index contributed by atoms with van der Waals surface area (Å²) in [5.41, 5.74) is -2.67. The van der Waals surface area contributed by atoms with Crippen molar-refractivity contribution in [3.63, 3.8) is 0 Å². The van der Waals surface area contributed by atoms with Crippen molar-refractivity contribution in [3.8, 4) is 0 Å². The van der Waals surface area contributed by atoms with Crippen molar-refractivity contribution in [1.82, 2.24) is 16.0 Å². The lowest BCUT2D eigenvalue weighted by molar-refractivity contribution is -0.293. The third kappa shape index (κ3) is 13.6. The zero-order valence-electron chi connectivity index (χ0n) is 32.3. The quantitative estimate of drug-likeness (QED) is 0.0870. The number of hydrogen-bond acceptors (Lipinski definition) is 10. The van der Waals surface area contributed by atoms with Crippen LogP contribution in [0, 0.1) is 5.92 Å². The van der Waals surface area contributed by atoms with Crippen LogP contribution in [0.3, 0.4) is 0 Å². The maximum atomic E-state index is 13.4. The average Bonchev–Trinajstić information content (AvgIpc) is 3.17. The van der Waals surface area contributed by atoms with Crippen LogP contribution in [0.15, 0.2) is 48.5 Å². The topological polar surface area (TPSA) is 220 Å². The molecule has 0 radical (unpaired) electrons. The normalized spacial score (nSPS) is 26.7. The molecule has 2 heterocycles. The highest BCUT2D eigenvalue weighted by molar-refractivity contribution is 5.90. The number of aliphatic hydroxyl groups is 4. The van der Waals surface area contributed by atoms with Crippen LogP contribution in [0.25, 0.3) is 0 Å². The molecule has 0 aromatic heterocycles. The molecule has 1 unspecified atom stereocenters. The fourth-order valence-corrected chi connectivity index (χ4v) is 6.76. The van der Waals surface area contributed by atoms with Crippen LogP contribution in [0.1, 0.15) is 63.5 Å². The molecule has 2 fully saturated rings. The van der Waals surface area contributed by atoms with Crippen molar-refractivity contribution in [2.45, 2.75) is 120 Å². The Morgan fingerprint density at radius 2 is 1.37 bits per heavy atom. The molecule has 10 atom stereocenters. The molecule has 21 heteroatoms. The maximum Gasteiger partial charge on any atom is 0.416 e. The van der Waals surface area contributed by atoms with Gasteiger partial charge >= 0.3 is 24.4 Å². The molecule has 4 rings (SSSR count). The van der Waals surface area contributed by atoms with Crippen LogP contribution in [0.4, 0.5) is 47.3 Å². The molecule has 0 aliphatic carbocycles. The molecule has 2 aliphatic rings. The summed E-state index contributed by atoms with van der Waals surface area (Å²) >= 11 is 0. The van der Waals surface area contributed by atoms with Gasteiger partial charge in [-0.1, -0.05) is 51.7 Å². The second-order valence-corrected chi connectivity index (χ2v) is 14.6. The number of nitrogens with one attached hydrogen (secondary N) is 5. The first-order valence-corrected chi connectivity index (χ1v) is 19.1. The standard InChI is InChI=1S/C38H51F6N5O10/c1-3-4-5-8-20(2)13-14-28(52)48-29-26(17-50)57-19-25(47-35(55)45-23-11-6-9-21(15-23)37(39,40)41)33(29)59-34-30(32(54)31(53)27(18-51)58-34)49-36(56)46-24-12-7-10-22(16-24)38(42,43)44/h6-7,9-12,15-16,20,25-27,29-34,50-51,53-54H,3-5,8,13-14,17-19H2,1-2H3,(H,48,52)(H2,45,47,55)(H2,46,49,56)/t20?,25-,26+,27+,29-,30+,31+,32+,33+,34-/m0/s1. The number of aliphatic hydroxyl groups excluding tert-OH is 4. The molecule has 330 valence electrons. The number of carbonyl (C=O) groups excluding carboxylic acids is 3. The molecule has 9 N–H and O–H groups in total. The van der Waals surface area contributed by atoms with Gasteiger partial charge in [-0.05, 0) is 48.7 Å². The second kappa shape index (κ2) is 21.3. The van der Waals surface area contributed by atoms with Gasteiger partial charge in [-0.25, -0.2) is 9.59 Å². The summed E-state index contributed by atoms with van der Waals surface area (Å²) in [5, 5.41) is 54.3. The Morgan fingerprint density at radius 3 is 1.92 bits per heavy atom. The summed E-state index contributed by atoms with van der Waals surface area (Å²) in [6.07, 6.45) is -14.9. The number of halogens is 6. The Hall–Kier alpha value is -4.25. The van der Waals surface area contributed by atoms with Gasteiger partial charge < -0.3 is 61.2 Å². The number of amides is 5. The number of urea groups is 2. The minimum absolute atomic E-state index is 0.0279. The van der Waals surface area contributed by atoms with E-state index in [1.165, 1.54) is 6.07 Å². The Kier molecular flexibility index (Phi) is 17.1. The van der Waals surface area contributed by atoms with Crippen molar-refractivity contribution in [2.75, 3.05) is 30.5 Å². The van der Waals surface area contributed by atoms with Gasteiger partial charge in [-0.2, -0.15) is 26.3 Å². The minimum Gasteiger partial charge on any atom is -0.394 e. The van der Waals surface area contributed by atoms with Crippen molar-refractivity contribution in [1.29, 1.82) is 0 Å². The first-order chi connectivity index (χ1) is 27.8. The van der Waals surface area contributed by atoms with Gasteiger partial charge in [0.15, 0.2) is 6.29 Å². The number of ether oxygens (including phenoxy) is 3. The number of unbranched alkanes of at least 4 members (excludes halogenated alkanes) is 2. The van der Waals surface area contributed by atoms with E-state index in [1.54, 1.807) is 0 Å². The van der Waals surface area contributed by atoms with E-state index in [0.29, 0.717) is 18.6 Å². The van der Waals surface area contributed by atoms with E-state index in [4.69, 9.17) is 14.2 Å². The molecule has 5 amide bonds. The lowest BCUT2D eigenvalue weighted by Gasteiger charge is -2.47. The smallest absolute Gasteiger partial charge is 0.394 e. The Morgan fingerprint density at radius 1 is 0.797 bits per heavy atom. The molecule has 0 bridgehead atoms. The number of anilines is 2. The van der Waals surface area contributed by atoms with Gasteiger partial charge in [-0.3, -0.25) is 4.79 Å². The molecular weight excluding hydrogens is 800 g/mol. The summed E-state index contributed by atoms with van der Waals surface area (Å²) in [4.78, 5) is 39.9. The number of benzene rings is 2. The van der Waals surface area contributed by atoms with Crippen molar-refractivity contribution in [3.05, 3.63) is 59.7 Å². The number of alkyl halides is 6. The lowest BCUT2D eigenvalue weighted by Crippen LogP contribution is -2.70. The van der Waals surface area contributed by atoms with E-state index in [9.17, 15) is 61.2 Å². The van der Waals surface area contributed by atoms with E-state index < -0.39 is 116 Å². The average molecular weight is 852 g/mol. The SMILES string of the molecule is CCCCCC(C)CCC(=O)N[C@@H]1[C@H](O[C@@H]2O[C@H](CO)[C@@H](O)[C@H](O)[C@H]2NC(=O)Nc2cccc(C(F)(F)F)c2)[C@@H](NC(=O)Nc2cccc(C(F)(F)F)c2)CO[C@@H]1CO. The van der Waals surface area contributed by atoms with Crippen molar-refractivity contribution in [2.24, 2.45) is 5.92 Å². The van der Waals surface area contributed by atoms with E-state index in [1.807, 2.05) is 6.92 Å². The first-order valence-electron chi connectivity index (χ1n) is 19.1. The van der Waals surface area contributed by atoms with E-state index in [0.717, 1.165) is 56.0 Å². The van der Waals surface area contributed by atoms with Gasteiger partial charge in [0.2, 0.25) is 5.91 Å². The number of hydrogen-bond donors (Lipinski definition) is 9. The van der Waals surface area contributed by atoms with Crippen molar-refractivity contribution < 1.29 is 75.4 Å². The monoisotopic (exact) mass is 851 g/mol. The molecule has 0 spiro atoms. The van der Waals surface area contributed by atoms with Gasteiger partial charge in [0.25, 0.3) is 0 Å². The summed E-state index contributed by atoms with van der Waals surface area (Å²) in [5.74, 6) is -0.331. The third-order valence-electron chi connectivity index (χ3n) is 10.00. The number of carbonyl (C=O) groups is 3. The summed E-state index contributed by atoms with van der Waals surface area (Å²) in [7, 11) is 0. The minimum atomic E-state index is -4.74. The molecule has 2 aromatic carbocycles. The van der Waals surface area contributed by atoms with Gasteiger partial charge in [0, 0.05) is 17.8 Å². The van der Waals surface area contributed by atoms with Crippen molar-refractivity contribution >= 4 is 29.3 Å². The molecule has 2 saturated heterocycles. The summed E-state index contributed by atoms with van der Waals surface area (Å²) in [6.45, 7) is 2.05. The third-order valence-corrected chi connectivity index (χ3v) is 10.00. The Balaban J connectivity index is 1.63. The Bertz CT molecular complexity index is 1690. The highest BCUT2D eigenvalue weighted by Crippen LogP contribution is 2.33. The van der Waals surface area contributed by atoms with E-state index in [-0.39, 0.29) is 23.7 Å². The van der Waals surface area contributed by atoms with Crippen LogP contribution >= 0.6 is 0 Å². The number of rotatable bonds is 16. The molecule has 59 heavy (non-hydrogen) atoms. The van der Waals surface area contributed by atoms with Crippen LogP contribution < -0.4 is 26.6 Å². The first kappa shape index (κ1) is 47.4. The summed E-state index contributed by atoms with van der Waals surface area (Å²) < 4.78 is 97.9. The molecule has 0 saturated carbocycles.